The van der Waals surface area contributed by atoms with Crippen molar-refractivity contribution >= 4 is 17.3 Å². The summed E-state index contributed by atoms with van der Waals surface area (Å²) in [5.74, 6) is 5.69. The molecule has 0 radical (unpaired) electrons. The Morgan fingerprint density at radius 1 is 0.414 bits per heavy atom. The molecule has 70 heavy (non-hydrogen) atoms. The Morgan fingerprint density at radius 2 is 0.914 bits per heavy atom. The fraction of sp³-hybridized carbons (Fsp3) is 0.360. The number of pyridine rings is 4. The SMILES string of the molecule is Cc1cc2c(cc1F)NCCO2.Cc1cc2c(cc1F)OCCO2.Cc1cc2c(nc1F)NCCO2.Cc1ccc2c(n1)OCCO2.Cc1cnc2c(c1)OCCN2.Cc1nc2c(cc1F)OCCO2. The van der Waals surface area contributed by atoms with Gasteiger partial charge in [0.05, 0.1) is 24.5 Å². The number of fused-ring (bicyclic) bond motifs is 6. The van der Waals surface area contributed by atoms with Crippen LogP contribution < -0.4 is 58.6 Å². The van der Waals surface area contributed by atoms with Crippen molar-refractivity contribution in [3.05, 3.63) is 118 Å². The number of aryl methyl sites for hydroxylation is 6. The number of rotatable bonds is 0. The molecule has 0 unspecified atom stereocenters. The average Bonchev–Trinajstić information content (AvgIpc) is 3.36. The summed E-state index contributed by atoms with van der Waals surface area (Å²) in [7, 11) is 0. The van der Waals surface area contributed by atoms with Gasteiger partial charge in [0, 0.05) is 42.2 Å². The maximum absolute atomic E-state index is 13.0. The van der Waals surface area contributed by atoms with E-state index < -0.39 is 5.95 Å². The molecule has 3 N–H and O–H groups in total. The van der Waals surface area contributed by atoms with Gasteiger partial charge < -0.3 is 58.6 Å². The molecular weight excluding hydrogens is 919 g/mol. The first kappa shape index (κ1) is 50.2. The Labute approximate surface area is 402 Å². The number of benzene rings is 2. The first-order valence-corrected chi connectivity index (χ1v) is 22.6. The van der Waals surface area contributed by atoms with Crippen LogP contribution in [0.2, 0.25) is 0 Å². The van der Waals surface area contributed by atoms with Crippen molar-refractivity contribution in [2.75, 3.05) is 95.0 Å². The number of ether oxygens (including phenoxy) is 9. The highest BCUT2D eigenvalue weighted by Crippen LogP contribution is 2.33. The molecule has 6 aliphatic heterocycles. The second kappa shape index (κ2) is 24.1. The van der Waals surface area contributed by atoms with E-state index in [1.807, 2.05) is 38.2 Å². The van der Waals surface area contributed by atoms with Crippen LogP contribution in [0.4, 0.5) is 34.9 Å². The van der Waals surface area contributed by atoms with Crippen molar-refractivity contribution in [1.29, 1.82) is 0 Å². The third kappa shape index (κ3) is 13.8. The number of nitrogens with zero attached hydrogens (tertiary/aromatic N) is 4. The van der Waals surface area contributed by atoms with E-state index >= 15 is 0 Å². The molecule has 2 aromatic carbocycles. The quantitative estimate of drug-likeness (QED) is 0.0974. The molecule has 6 aliphatic rings. The van der Waals surface area contributed by atoms with Crippen molar-refractivity contribution < 1.29 is 60.2 Å². The molecule has 20 heteroatoms. The van der Waals surface area contributed by atoms with Crippen LogP contribution in [0.25, 0.3) is 0 Å². The fourth-order valence-electron chi connectivity index (χ4n) is 6.74. The molecule has 372 valence electrons. The van der Waals surface area contributed by atoms with Crippen molar-refractivity contribution in [2.45, 2.75) is 41.5 Å². The molecule has 0 spiro atoms. The molecule has 0 fully saturated rings. The lowest BCUT2D eigenvalue weighted by atomic mass is 10.2. The van der Waals surface area contributed by atoms with E-state index in [0.29, 0.717) is 122 Å². The van der Waals surface area contributed by atoms with Gasteiger partial charge in [0.15, 0.2) is 46.1 Å². The van der Waals surface area contributed by atoms with Gasteiger partial charge in [-0.2, -0.15) is 9.37 Å². The number of hydrogen-bond donors (Lipinski definition) is 3. The van der Waals surface area contributed by atoms with Crippen LogP contribution in [0.3, 0.4) is 0 Å². The zero-order valence-electron chi connectivity index (χ0n) is 39.7. The first-order valence-electron chi connectivity index (χ1n) is 22.6. The van der Waals surface area contributed by atoms with Gasteiger partial charge in [0.2, 0.25) is 5.95 Å². The number of halogens is 4. The Kier molecular flexibility index (Phi) is 17.3. The summed E-state index contributed by atoms with van der Waals surface area (Å²) >= 11 is 0. The first-order chi connectivity index (χ1) is 33.8. The maximum Gasteiger partial charge on any atom is 0.257 e. The van der Waals surface area contributed by atoms with Gasteiger partial charge in [-0.25, -0.2) is 28.1 Å². The van der Waals surface area contributed by atoms with Crippen molar-refractivity contribution in [2.24, 2.45) is 0 Å². The van der Waals surface area contributed by atoms with Crippen LogP contribution in [-0.4, -0.2) is 99.0 Å². The smallest absolute Gasteiger partial charge is 0.257 e. The summed E-state index contributed by atoms with van der Waals surface area (Å²) in [6, 6.07) is 15.0. The highest BCUT2D eigenvalue weighted by atomic mass is 19.1. The predicted molar refractivity (Wildman–Crippen MR) is 253 cm³/mol. The standard InChI is InChI=1S/C9H10FNO.C9H9FO2.C8H9FN2O.C8H8FNO2.C8H10N2O.C8H9NO2/c1-6-4-9-8(5-7(6)10)11-2-3-12-9;1-6-4-8-9(5-7(6)10)12-3-2-11-8;1-5-4-6-8(11-7(5)9)10-2-3-12-6;1-5-6(9)4-7-8(10-5)12-3-2-11-7;1-6-4-7-8(10-5-6)9-2-3-11-7;1-6-2-3-7-8(9-6)11-5-4-10-7/h4-5,11H,2-3H2,1H3;4-5H,2-3H2,1H3;4H,2-3H2,1H3,(H,10,11);4H,2-3H2,1H3;4-5H,2-3H2,1H3,(H,9,10);2-3H,4-5H2,1H3. The second-order valence-electron chi connectivity index (χ2n) is 16.0. The van der Waals surface area contributed by atoms with Crippen molar-refractivity contribution in [3.8, 4) is 52.0 Å². The third-order valence-electron chi connectivity index (χ3n) is 10.4. The van der Waals surface area contributed by atoms with Crippen LogP contribution in [0.5, 0.6) is 52.0 Å². The largest absolute Gasteiger partial charge is 0.490 e. The molecule has 4 aromatic heterocycles. The van der Waals surface area contributed by atoms with Gasteiger partial charge >= 0.3 is 0 Å². The fourth-order valence-corrected chi connectivity index (χ4v) is 6.74. The molecule has 12 rings (SSSR count). The van der Waals surface area contributed by atoms with Gasteiger partial charge in [-0.1, -0.05) is 0 Å². The number of anilines is 3. The van der Waals surface area contributed by atoms with E-state index in [1.165, 1.54) is 18.2 Å². The molecule has 10 heterocycles. The summed E-state index contributed by atoms with van der Waals surface area (Å²) in [5.41, 5.74) is 4.89. The molecule has 0 bridgehead atoms. The summed E-state index contributed by atoms with van der Waals surface area (Å²) in [6.45, 7) is 18.1. The Bertz CT molecular complexity index is 2320. The second-order valence-corrected chi connectivity index (χ2v) is 16.0. The van der Waals surface area contributed by atoms with Crippen molar-refractivity contribution in [1.82, 2.24) is 19.9 Å². The van der Waals surface area contributed by atoms with Crippen LogP contribution in [-0.2, 0) is 0 Å². The monoisotopic (exact) mass is 973 g/mol. The van der Waals surface area contributed by atoms with E-state index in [0.717, 1.165) is 59.7 Å². The normalized spacial score (nSPS) is 14.5. The van der Waals surface area contributed by atoms with Crippen LogP contribution in [0.1, 0.15) is 33.6 Å². The topological polar surface area (TPSA) is 171 Å². The highest BCUT2D eigenvalue weighted by molar-refractivity contribution is 5.59. The van der Waals surface area contributed by atoms with Gasteiger partial charge in [0.1, 0.15) is 82.7 Å². The number of aromatic nitrogens is 4. The molecular formula is C50H55F4N7O9. The molecule has 0 atom stereocenters. The van der Waals surface area contributed by atoms with Gasteiger partial charge in [-0.05, 0) is 94.6 Å². The molecule has 16 nitrogen and oxygen atoms in total. The van der Waals surface area contributed by atoms with E-state index in [4.69, 9.17) is 42.6 Å². The molecule has 0 saturated heterocycles. The zero-order chi connectivity index (χ0) is 49.6. The number of nitrogens with one attached hydrogen (secondary N) is 3. The molecule has 6 aromatic rings. The average molecular weight is 974 g/mol. The van der Waals surface area contributed by atoms with Crippen LogP contribution in [0, 0.1) is 64.9 Å². The Balaban J connectivity index is 0.000000124. The predicted octanol–water partition coefficient (Wildman–Crippen LogP) is 8.83. The minimum atomic E-state index is -0.438. The third-order valence-corrected chi connectivity index (χ3v) is 10.4. The van der Waals surface area contributed by atoms with Crippen LogP contribution >= 0.6 is 0 Å². The molecule has 0 aliphatic carbocycles. The van der Waals surface area contributed by atoms with E-state index in [-0.39, 0.29) is 17.5 Å². The van der Waals surface area contributed by atoms with E-state index in [9.17, 15) is 17.6 Å². The lowest BCUT2D eigenvalue weighted by Crippen LogP contribution is -2.19. The maximum atomic E-state index is 13.0. The zero-order valence-corrected chi connectivity index (χ0v) is 39.7. The minimum Gasteiger partial charge on any atom is -0.490 e. The Morgan fingerprint density at radius 3 is 1.61 bits per heavy atom. The van der Waals surface area contributed by atoms with Gasteiger partial charge in [-0.15, -0.1) is 0 Å². The lowest BCUT2D eigenvalue weighted by Gasteiger charge is -2.19. The molecule has 0 saturated carbocycles. The van der Waals surface area contributed by atoms with Crippen LogP contribution in [0.15, 0.2) is 60.8 Å². The number of hydrogen-bond acceptors (Lipinski definition) is 16. The summed E-state index contributed by atoms with van der Waals surface area (Å²) < 4.78 is 99.1. The van der Waals surface area contributed by atoms with E-state index in [2.05, 4.69) is 35.9 Å². The van der Waals surface area contributed by atoms with Gasteiger partial charge in [-0.3, -0.25) is 0 Å². The van der Waals surface area contributed by atoms with Gasteiger partial charge in [0.25, 0.3) is 11.8 Å². The Hall–Kier alpha value is -7.64. The lowest BCUT2D eigenvalue weighted by molar-refractivity contribution is 0.163. The summed E-state index contributed by atoms with van der Waals surface area (Å²) in [5, 5.41) is 9.17. The van der Waals surface area contributed by atoms with E-state index in [1.54, 1.807) is 45.9 Å². The summed E-state index contributed by atoms with van der Waals surface area (Å²) in [4.78, 5) is 16.0. The summed E-state index contributed by atoms with van der Waals surface area (Å²) in [6.07, 6.45) is 1.83. The molecule has 0 amide bonds. The minimum absolute atomic E-state index is 0.188. The van der Waals surface area contributed by atoms with Crippen molar-refractivity contribution in [3.63, 3.8) is 0 Å². The highest BCUT2D eigenvalue weighted by Gasteiger charge is 2.18.